The third-order valence-electron chi connectivity index (χ3n) is 2.63. The van der Waals surface area contributed by atoms with Gasteiger partial charge in [-0.3, -0.25) is 4.68 Å². The summed E-state index contributed by atoms with van der Waals surface area (Å²) in [5, 5.41) is 3.44. The van der Waals surface area contributed by atoms with Gasteiger partial charge in [0.25, 0.3) is 0 Å². The van der Waals surface area contributed by atoms with Crippen LogP contribution in [0, 0.1) is 0 Å². The summed E-state index contributed by atoms with van der Waals surface area (Å²) in [6.07, 6.45) is -3.49. The number of halogens is 3. The molecule has 0 aliphatic heterocycles. The third kappa shape index (κ3) is 2.51. The van der Waals surface area contributed by atoms with Crippen molar-refractivity contribution < 1.29 is 22.7 Å². The molecule has 1 aromatic rings. The van der Waals surface area contributed by atoms with Gasteiger partial charge in [0.2, 0.25) is 0 Å². The fourth-order valence-electron chi connectivity index (χ4n) is 1.71. The summed E-state index contributed by atoms with van der Waals surface area (Å²) in [4.78, 5) is 10.4. The molecule has 1 heterocycles. The Morgan fingerprint density at radius 3 is 2.65 bits per heavy atom. The molecule has 0 aromatic carbocycles. The van der Waals surface area contributed by atoms with Gasteiger partial charge in [-0.15, -0.1) is 0 Å². The van der Waals surface area contributed by atoms with Crippen LogP contribution in [-0.2, 0) is 10.9 Å². The van der Waals surface area contributed by atoms with Gasteiger partial charge >= 0.3 is 12.3 Å². The molecule has 1 aliphatic carbocycles. The van der Waals surface area contributed by atoms with E-state index in [4.69, 9.17) is 5.73 Å². The molecule has 8 heteroatoms. The lowest BCUT2D eigenvalue weighted by Crippen LogP contribution is -2.36. The van der Waals surface area contributed by atoms with E-state index in [-0.39, 0.29) is 12.1 Å². The second kappa shape index (κ2) is 3.94. The Morgan fingerprint density at radius 1 is 1.53 bits per heavy atom. The van der Waals surface area contributed by atoms with Crippen LogP contribution in [0.1, 0.15) is 24.6 Å². The molecule has 1 amide bonds. The minimum Gasteiger partial charge on any atom is -0.446 e. The molecule has 94 valence electrons. The number of nitrogens with two attached hydrogens (primary N) is 1. The number of carbonyl (C=O) groups is 1. The lowest BCUT2D eigenvalue weighted by atomic mass is 9.89. The van der Waals surface area contributed by atoms with Crippen molar-refractivity contribution in [3.05, 3.63) is 18.0 Å². The number of rotatable bonds is 2. The highest BCUT2D eigenvalue weighted by molar-refractivity contribution is 5.64. The van der Waals surface area contributed by atoms with Crippen LogP contribution >= 0.6 is 0 Å². The van der Waals surface area contributed by atoms with Crippen LogP contribution in [0.2, 0.25) is 0 Å². The van der Waals surface area contributed by atoms with Crippen LogP contribution in [0.15, 0.2) is 12.3 Å². The largest absolute Gasteiger partial charge is 0.446 e. The maximum atomic E-state index is 12.3. The van der Waals surface area contributed by atoms with Gasteiger partial charge in [0.15, 0.2) is 5.69 Å². The number of aromatic nitrogens is 2. The first-order valence-corrected chi connectivity index (χ1v) is 4.94. The second-order valence-corrected chi connectivity index (χ2v) is 3.86. The van der Waals surface area contributed by atoms with E-state index in [0.717, 1.165) is 6.07 Å². The minimum absolute atomic E-state index is 0.171. The molecule has 1 fully saturated rings. The smallest absolute Gasteiger partial charge is 0.435 e. The van der Waals surface area contributed by atoms with Crippen molar-refractivity contribution in [1.82, 2.24) is 9.78 Å². The SMILES string of the molecule is NC(=O)O[C@H]1C[C@H](n2ccc(C(F)(F)F)n2)C1. The second-order valence-electron chi connectivity index (χ2n) is 3.86. The highest BCUT2D eigenvalue weighted by Crippen LogP contribution is 2.35. The van der Waals surface area contributed by atoms with E-state index >= 15 is 0 Å². The van der Waals surface area contributed by atoms with Gasteiger partial charge in [0, 0.05) is 19.0 Å². The Bertz CT molecular complexity index is 423. The van der Waals surface area contributed by atoms with Gasteiger partial charge in [0.1, 0.15) is 6.10 Å². The van der Waals surface area contributed by atoms with E-state index < -0.39 is 18.0 Å². The van der Waals surface area contributed by atoms with Crippen molar-refractivity contribution in [2.45, 2.75) is 31.2 Å². The minimum atomic E-state index is -4.43. The molecule has 1 aliphatic rings. The first kappa shape index (κ1) is 11.7. The maximum Gasteiger partial charge on any atom is 0.435 e. The van der Waals surface area contributed by atoms with Crippen molar-refractivity contribution in [1.29, 1.82) is 0 Å². The molecule has 0 spiro atoms. The van der Waals surface area contributed by atoms with E-state index in [1.54, 1.807) is 0 Å². The zero-order valence-electron chi connectivity index (χ0n) is 8.65. The van der Waals surface area contributed by atoms with Crippen LogP contribution in [0.5, 0.6) is 0 Å². The summed E-state index contributed by atoms with van der Waals surface area (Å²) in [7, 11) is 0. The first-order chi connectivity index (χ1) is 7.86. The molecule has 0 saturated heterocycles. The number of hydrogen-bond acceptors (Lipinski definition) is 3. The number of amides is 1. The van der Waals surface area contributed by atoms with Gasteiger partial charge in [-0.2, -0.15) is 18.3 Å². The molecule has 5 nitrogen and oxygen atoms in total. The Labute approximate surface area is 94.3 Å². The molecule has 17 heavy (non-hydrogen) atoms. The van der Waals surface area contributed by atoms with Crippen molar-refractivity contribution in [3.8, 4) is 0 Å². The number of primary amides is 1. The number of hydrogen-bond donors (Lipinski definition) is 1. The lowest BCUT2D eigenvalue weighted by Gasteiger charge is -2.34. The summed E-state index contributed by atoms with van der Waals surface area (Å²) in [6, 6.07) is 0.748. The Balaban J connectivity index is 1.93. The quantitative estimate of drug-likeness (QED) is 0.867. The number of carbonyl (C=O) groups excluding carboxylic acids is 1. The van der Waals surface area contributed by atoms with Crippen molar-refractivity contribution in [3.63, 3.8) is 0 Å². The Hall–Kier alpha value is -1.73. The fraction of sp³-hybridized carbons (Fsp3) is 0.556. The Morgan fingerprint density at radius 2 is 2.18 bits per heavy atom. The summed E-state index contributed by atoms with van der Waals surface area (Å²) in [6.45, 7) is 0. The van der Waals surface area contributed by atoms with E-state index in [9.17, 15) is 18.0 Å². The summed E-state index contributed by atoms with van der Waals surface area (Å²) < 4.78 is 42.7. The summed E-state index contributed by atoms with van der Waals surface area (Å²) in [5.74, 6) is 0. The van der Waals surface area contributed by atoms with Crippen LogP contribution in [0.3, 0.4) is 0 Å². The monoisotopic (exact) mass is 249 g/mol. The standard InChI is InChI=1S/C9H10F3N3O2/c10-9(11,12)7-1-2-15(14-7)5-3-6(4-5)17-8(13)16/h1-2,5-6H,3-4H2,(H2,13,16)/t5-,6-. The molecule has 1 aromatic heterocycles. The average Bonchev–Trinajstić information content (AvgIpc) is 2.57. The molecular formula is C9H10F3N3O2. The van der Waals surface area contributed by atoms with Gasteiger partial charge < -0.3 is 10.5 Å². The highest BCUT2D eigenvalue weighted by atomic mass is 19.4. The zero-order chi connectivity index (χ0) is 12.6. The Kier molecular flexibility index (Phi) is 2.72. The van der Waals surface area contributed by atoms with E-state index in [1.807, 2.05) is 0 Å². The molecule has 2 N–H and O–H groups in total. The van der Waals surface area contributed by atoms with Gasteiger partial charge in [-0.05, 0) is 6.07 Å². The fourth-order valence-corrected chi connectivity index (χ4v) is 1.71. The van der Waals surface area contributed by atoms with E-state index in [2.05, 4.69) is 9.84 Å². The van der Waals surface area contributed by atoms with Crippen LogP contribution in [0.4, 0.5) is 18.0 Å². The maximum absolute atomic E-state index is 12.3. The van der Waals surface area contributed by atoms with Crippen LogP contribution in [-0.4, -0.2) is 22.0 Å². The predicted molar refractivity (Wildman–Crippen MR) is 50.0 cm³/mol. The normalized spacial score (nSPS) is 24.2. The van der Waals surface area contributed by atoms with Crippen molar-refractivity contribution in [2.75, 3.05) is 0 Å². The molecule has 2 rings (SSSR count). The molecular weight excluding hydrogens is 239 g/mol. The number of nitrogens with zero attached hydrogens (tertiary/aromatic N) is 2. The predicted octanol–water partition coefficient (Wildman–Crippen LogP) is 1.70. The van der Waals surface area contributed by atoms with Crippen molar-refractivity contribution in [2.24, 2.45) is 5.73 Å². The average molecular weight is 249 g/mol. The molecule has 0 bridgehead atoms. The number of ether oxygens (including phenoxy) is 1. The summed E-state index contributed by atoms with van der Waals surface area (Å²) >= 11 is 0. The van der Waals surface area contributed by atoms with Crippen molar-refractivity contribution >= 4 is 6.09 Å². The zero-order valence-corrected chi connectivity index (χ0v) is 8.65. The summed E-state index contributed by atoms with van der Waals surface area (Å²) in [5.41, 5.74) is 3.90. The molecule has 0 unspecified atom stereocenters. The van der Waals surface area contributed by atoms with E-state index in [1.165, 1.54) is 10.9 Å². The van der Waals surface area contributed by atoms with Crippen LogP contribution < -0.4 is 5.73 Å². The van der Waals surface area contributed by atoms with Crippen LogP contribution in [0.25, 0.3) is 0 Å². The molecule has 0 atom stereocenters. The third-order valence-corrected chi connectivity index (χ3v) is 2.63. The van der Waals surface area contributed by atoms with Gasteiger partial charge in [-0.25, -0.2) is 4.79 Å². The van der Waals surface area contributed by atoms with Gasteiger partial charge in [0.05, 0.1) is 6.04 Å². The molecule has 1 saturated carbocycles. The van der Waals surface area contributed by atoms with E-state index in [0.29, 0.717) is 12.8 Å². The highest BCUT2D eigenvalue weighted by Gasteiger charge is 2.37. The number of alkyl halides is 3. The topological polar surface area (TPSA) is 70.1 Å². The van der Waals surface area contributed by atoms with Gasteiger partial charge in [-0.1, -0.05) is 0 Å². The lowest BCUT2D eigenvalue weighted by molar-refractivity contribution is -0.141. The first-order valence-electron chi connectivity index (χ1n) is 4.94. The molecule has 0 radical (unpaired) electrons.